The lowest BCUT2D eigenvalue weighted by Crippen LogP contribution is -2.02. The molecule has 0 bridgehead atoms. The zero-order valence-electron chi connectivity index (χ0n) is 7.79. The fourth-order valence-electron chi connectivity index (χ4n) is 1.38. The molecule has 2 nitrogen and oxygen atoms in total. The van der Waals surface area contributed by atoms with E-state index in [1.807, 2.05) is 19.1 Å². The van der Waals surface area contributed by atoms with Crippen molar-refractivity contribution in [3.63, 3.8) is 0 Å². The van der Waals surface area contributed by atoms with Crippen molar-refractivity contribution in [2.24, 2.45) is 5.92 Å². The molecule has 0 atom stereocenters. The van der Waals surface area contributed by atoms with Crippen LogP contribution in [0.1, 0.15) is 35.3 Å². The molecule has 0 aromatic carbocycles. The van der Waals surface area contributed by atoms with Crippen molar-refractivity contribution in [1.29, 1.82) is 0 Å². The lowest BCUT2D eigenvalue weighted by molar-refractivity contribution is 0.0971. The van der Waals surface area contributed by atoms with Crippen molar-refractivity contribution in [2.45, 2.75) is 26.2 Å². The first-order valence-electron chi connectivity index (χ1n) is 4.71. The Morgan fingerprint density at radius 1 is 1.62 bits per heavy atom. The summed E-state index contributed by atoms with van der Waals surface area (Å²) >= 11 is 0. The van der Waals surface area contributed by atoms with Gasteiger partial charge in [-0.2, -0.15) is 0 Å². The highest BCUT2D eigenvalue weighted by Gasteiger charge is 2.25. The molecule has 1 aliphatic rings. The molecule has 2 heteroatoms. The van der Waals surface area contributed by atoms with E-state index in [1.54, 1.807) is 6.20 Å². The Balaban J connectivity index is 2.09. The molecule has 1 aromatic rings. The Labute approximate surface area is 78.0 Å². The van der Waals surface area contributed by atoms with E-state index in [-0.39, 0.29) is 5.78 Å². The van der Waals surface area contributed by atoms with Crippen LogP contribution >= 0.6 is 0 Å². The lowest BCUT2D eigenvalue weighted by Gasteiger charge is -1.99. The number of Topliss-reactive ketones (excluding diaryl/α,β-unsaturated/α-hetero) is 1. The van der Waals surface area contributed by atoms with Gasteiger partial charge in [-0.05, 0) is 43.4 Å². The molecule has 68 valence electrons. The molecule has 1 aromatic heterocycles. The molecule has 1 heterocycles. The van der Waals surface area contributed by atoms with Gasteiger partial charge in [0.15, 0.2) is 5.78 Å². The quantitative estimate of drug-likeness (QED) is 0.660. The molecule has 0 saturated heterocycles. The van der Waals surface area contributed by atoms with Crippen molar-refractivity contribution in [3.05, 3.63) is 29.6 Å². The first-order valence-corrected chi connectivity index (χ1v) is 4.71. The molecule has 0 unspecified atom stereocenters. The molecule has 2 rings (SSSR count). The van der Waals surface area contributed by atoms with Gasteiger partial charge in [-0.1, -0.05) is 0 Å². The number of pyridine rings is 1. The Bertz CT molecular complexity index is 329. The zero-order chi connectivity index (χ0) is 9.26. The van der Waals surface area contributed by atoms with Crippen molar-refractivity contribution in [2.75, 3.05) is 0 Å². The maximum Gasteiger partial charge on any atom is 0.181 e. The van der Waals surface area contributed by atoms with E-state index >= 15 is 0 Å². The van der Waals surface area contributed by atoms with Crippen LogP contribution in [0, 0.1) is 12.8 Å². The molecule has 0 aliphatic heterocycles. The van der Waals surface area contributed by atoms with Gasteiger partial charge in [0, 0.05) is 12.6 Å². The fourth-order valence-corrected chi connectivity index (χ4v) is 1.38. The van der Waals surface area contributed by atoms with Gasteiger partial charge in [0.05, 0.1) is 0 Å². The molecule has 0 spiro atoms. The number of aryl methyl sites for hydroxylation is 1. The van der Waals surface area contributed by atoms with Crippen LogP contribution in [0.2, 0.25) is 0 Å². The van der Waals surface area contributed by atoms with E-state index in [0.717, 1.165) is 5.56 Å². The summed E-state index contributed by atoms with van der Waals surface area (Å²) in [6, 6.07) is 3.78. The minimum Gasteiger partial charge on any atom is -0.292 e. The third-order valence-corrected chi connectivity index (χ3v) is 2.37. The number of nitrogens with zero attached hydrogens (tertiary/aromatic N) is 1. The highest BCUT2D eigenvalue weighted by atomic mass is 16.1. The van der Waals surface area contributed by atoms with E-state index in [0.29, 0.717) is 18.0 Å². The van der Waals surface area contributed by atoms with E-state index in [2.05, 4.69) is 4.98 Å². The average molecular weight is 175 g/mol. The van der Waals surface area contributed by atoms with Crippen molar-refractivity contribution >= 4 is 5.78 Å². The van der Waals surface area contributed by atoms with Gasteiger partial charge in [0.2, 0.25) is 0 Å². The van der Waals surface area contributed by atoms with Crippen LogP contribution in [0.15, 0.2) is 18.3 Å². The smallest absolute Gasteiger partial charge is 0.181 e. The highest BCUT2D eigenvalue weighted by molar-refractivity contribution is 5.94. The van der Waals surface area contributed by atoms with Crippen molar-refractivity contribution < 1.29 is 4.79 Å². The highest BCUT2D eigenvalue weighted by Crippen LogP contribution is 2.33. The first-order chi connectivity index (χ1) is 6.25. The lowest BCUT2D eigenvalue weighted by atomic mass is 10.1. The molecule has 13 heavy (non-hydrogen) atoms. The van der Waals surface area contributed by atoms with Gasteiger partial charge in [-0.3, -0.25) is 9.78 Å². The Hall–Kier alpha value is -1.18. The van der Waals surface area contributed by atoms with E-state index in [4.69, 9.17) is 0 Å². The Morgan fingerprint density at radius 3 is 3.00 bits per heavy atom. The van der Waals surface area contributed by atoms with Gasteiger partial charge in [0.1, 0.15) is 5.69 Å². The van der Waals surface area contributed by atoms with Crippen molar-refractivity contribution in [1.82, 2.24) is 4.98 Å². The summed E-state index contributed by atoms with van der Waals surface area (Å²) in [5, 5.41) is 0. The predicted molar refractivity (Wildman–Crippen MR) is 50.6 cm³/mol. The topological polar surface area (TPSA) is 30.0 Å². The summed E-state index contributed by atoms with van der Waals surface area (Å²) in [6.07, 6.45) is 4.83. The van der Waals surface area contributed by atoms with Crippen molar-refractivity contribution in [3.8, 4) is 0 Å². The number of hydrogen-bond donors (Lipinski definition) is 0. The maximum atomic E-state index is 11.6. The van der Waals surface area contributed by atoms with Gasteiger partial charge < -0.3 is 0 Å². The summed E-state index contributed by atoms with van der Waals surface area (Å²) in [5.74, 6) is 0.848. The van der Waals surface area contributed by atoms with E-state index in [1.165, 1.54) is 12.8 Å². The first kappa shape index (κ1) is 8.42. The Kier molecular flexibility index (Phi) is 2.13. The van der Waals surface area contributed by atoms with Gasteiger partial charge in [-0.15, -0.1) is 0 Å². The van der Waals surface area contributed by atoms with Crippen LogP contribution in [0.3, 0.4) is 0 Å². The summed E-state index contributed by atoms with van der Waals surface area (Å²) in [5.41, 5.74) is 1.74. The summed E-state index contributed by atoms with van der Waals surface area (Å²) in [4.78, 5) is 15.7. The predicted octanol–water partition coefficient (Wildman–Crippen LogP) is 2.37. The van der Waals surface area contributed by atoms with E-state index in [9.17, 15) is 4.79 Å². The second-order valence-electron chi connectivity index (χ2n) is 3.79. The molecule has 1 saturated carbocycles. The largest absolute Gasteiger partial charge is 0.292 e. The number of carbonyl (C=O) groups excluding carboxylic acids is 1. The van der Waals surface area contributed by atoms with Gasteiger partial charge >= 0.3 is 0 Å². The maximum absolute atomic E-state index is 11.6. The van der Waals surface area contributed by atoms with Crippen LogP contribution < -0.4 is 0 Å². The SMILES string of the molecule is Cc1ccnc(C(=O)CC2CC2)c1. The normalized spacial score (nSPS) is 15.8. The summed E-state index contributed by atoms with van der Waals surface area (Å²) < 4.78 is 0. The number of aromatic nitrogens is 1. The fraction of sp³-hybridized carbons (Fsp3) is 0.455. The van der Waals surface area contributed by atoms with Crippen LogP contribution in [0.25, 0.3) is 0 Å². The third-order valence-electron chi connectivity index (χ3n) is 2.37. The van der Waals surface area contributed by atoms with Crippen LogP contribution in [0.5, 0.6) is 0 Å². The summed E-state index contributed by atoms with van der Waals surface area (Å²) in [6.45, 7) is 1.98. The monoisotopic (exact) mass is 175 g/mol. The molecular weight excluding hydrogens is 162 g/mol. The molecule has 0 amide bonds. The number of carbonyl (C=O) groups is 1. The van der Waals surface area contributed by atoms with Gasteiger partial charge in [-0.25, -0.2) is 0 Å². The third kappa shape index (κ3) is 2.14. The molecule has 1 aliphatic carbocycles. The number of hydrogen-bond acceptors (Lipinski definition) is 2. The second kappa shape index (κ2) is 3.29. The molecule has 0 radical (unpaired) electrons. The number of ketones is 1. The molecular formula is C11H13NO. The zero-order valence-corrected chi connectivity index (χ0v) is 7.79. The minimum atomic E-state index is 0.200. The van der Waals surface area contributed by atoms with E-state index < -0.39 is 0 Å². The summed E-state index contributed by atoms with van der Waals surface area (Å²) in [7, 11) is 0. The van der Waals surface area contributed by atoms with Crippen LogP contribution in [-0.2, 0) is 0 Å². The molecule has 0 N–H and O–H groups in total. The standard InChI is InChI=1S/C11H13NO/c1-8-4-5-12-10(6-8)11(13)7-9-2-3-9/h4-6,9H,2-3,7H2,1H3. The second-order valence-corrected chi connectivity index (χ2v) is 3.79. The Morgan fingerprint density at radius 2 is 2.38 bits per heavy atom. The average Bonchev–Trinajstić information content (AvgIpc) is 2.88. The number of rotatable bonds is 3. The van der Waals surface area contributed by atoms with Crippen LogP contribution in [0.4, 0.5) is 0 Å². The molecule has 1 fully saturated rings. The minimum absolute atomic E-state index is 0.200. The van der Waals surface area contributed by atoms with Gasteiger partial charge in [0.25, 0.3) is 0 Å². The van der Waals surface area contributed by atoms with Crippen LogP contribution in [-0.4, -0.2) is 10.8 Å².